The van der Waals surface area contributed by atoms with Crippen molar-refractivity contribution in [3.8, 4) is 0 Å². The number of hydrogen-bond donors (Lipinski definition) is 1. The highest BCUT2D eigenvalue weighted by atomic mass is 127. The molecule has 98 valence electrons. The predicted molar refractivity (Wildman–Crippen MR) is 81.6 cm³/mol. The number of aryl methyl sites for hydroxylation is 1. The van der Waals surface area contributed by atoms with Gasteiger partial charge in [0.05, 0.1) is 0 Å². The predicted octanol–water partition coefficient (Wildman–Crippen LogP) is 3.33. The summed E-state index contributed by atoms with van der Waals surface area (Å²) in [6.45, 7) is 2.45. The summed E-state index contributed by atoms with van der Waals surface area (Å²) in [5.41, 5.74) is 0. The molecule has 0 aliphatic rings. The number of unbranched alkanes of at least 4 members (excludes halogenated alkanes) is 3. The quantitative estimate of drug-likeness (QED) is 0.423. The van der Waals surface area contributed by atoms with Gasteiger partial charge >= 0.3 is 0 Å². The van der Waals surface area contributed by atoms with Gasteiger partial charge in [-0.2, -0.15) is 0 Å². The number of alkyl halides is 1. The van der Waals surface area contributed by atoms with Crippen molar-refractivity contribution in [3.63, 3.8) is 0 Å². The van der Waals surface area contributed by atoms with E-state index in [4.69, 9.17) is 0 Å². The molecule has 0 radical (unpaired) electrons. The van der Waals surface area contributed by atoms with Crippen molar-refractivity contribution in [2.45, 2.75) is 36.8 Å². The number of rotatable bonds is 8. The van der Waals surface area contributed by atoms with E-state index in [1.165, 1.54) is 28.6 Å². The molecule has 1 heterocycles. The van der Waals surface area contributed by atoms with Gasteiger partial charge in [0.2, 0.25) is 10.0 Å². The van der Waals surface area contributed by atoms with Crippen molar-refractivity contribution in [3.05, 3.63) is 17.0 Å². The summed E-state index contributed by atoms with van der Waals surface area (Å²) < 4.78 is 27.9. The van der Waals surface area contributed by atoms with Crippen LogP contribution in [0.5, 0.6) is 0 Å². The van der Waals surface area contributed by atoms with Crippen LogP contribution in [0.4, 0.5) is 0 Å². The molecule has 1 aromatic rings. The Morgan fingerprint density at radius 2 is 1.94 bits per heavy atom. The van der Waals surface area contributed by atoms with E-state index in [9.17, 15) is 8.42 Å². The smallest absolute Gasteiger partial charge is 0.210 e. The van der Waals surface area contributed by atoms with E-state index >= 15 is 0 Å². The van der Waals surface area contributed by atoms with Gasteiger partial charge in [-0.15, -0.1) is 11.3 Å². The van der Waals surface area contributed by atoms with Crippen molar-refractivity contribution < 1.29 is 8.42 Å². The molecular formula is C11H18INO2S2. The second-order valence-corrected chi connectivity index (χ2v) is 8.23. The molecule has 0 saturated carbocycles. The molecule has 3 nitrogen and oxygen atoms in total. The Morgan fingerprint density at radius 3 is 2.53 bits per heavy atom. The number of thiophene rings is 1. The maximum absolute atomic E-state index is 11.8. The summed E-state index contributed by atoms with van der Waals surface area (Å²) in [5.74, 6) is 0. The first-order valence-electron chi connectivity index (χ1n) is 5.68. The largest absolute Gasteiger partial charge is 0.250 e. The van der Waals surface area contributed by atoms with Crippen LogP contribution in [-0.4, -0.2) is 19.4 Å². The average molecular weight is 387 g/mol. The van der Waals surface area contributed by atoms with Gasteiger partial charge in [-0.25, -0.2) is 13.1 Å². The van der Waals surface area contributed by atoms with Crippen LogP contribution in [0.1, 0.15) is 30.6 Å². The third kappa shape index (κ3) is 5.67. The Hall–Kier alpha value is 0.340. The first kappa shape index (κ1) is 15.4. The van der Waals surface area contributed by atoms with Crippen LogP contribution in [0, 0.1) is 6.92 Å². The highest BCUT2D eigenvalue weighted by Gasteiger charge is 2.14. The van der Waals surface area contributed by atoms with E-state index in [1.807, 2.05) is 13.0 Å². The molecule has 0 amide bonds. The molecule has 0 aliphatic heterocycles. The fourth-order valence-corrected chi connectivity index (χ4v) is 4.35. The maximum Gasteiger partial charge on any atom is 0.250 e. The van der Waals surface area contributed by atoms with Crippen molar-refractivity contribution in [2.24, 2.45) is 0 Å². The van der Waals surface area contributed by atoms with E-state index in [0.29, 0.717) is 10.8 Å². The number of nitrogens with one attached hydrogen (secondary N) is 1. The topological polar surface area (TPSA) is 46.2 Å². The summed E-state index contributed by atoms with van der Waals surface area (Å²) in [6, 6.07) is 3.50. The van der Waals surface area contributed by atoms with Crippen molar-refractivity contribution in [1.82, 2.24) is 4.72 Å². The molecule has 0 fully saturated rings. The van der Waals surface area contributed by atoms with Crippen LogP contribution in [0.3, 0.4) is 0 Å². The Bertz CT molecular complexity index is 428. The lowest BCUT2D eigenvalue weighted by Gasteiger charge is -2.04. The molecule has 1 aromatic heterocycles. The monoisotopic (exact) mass is 387 g/mol. The second kappa shape index (κ2) is 7.70. The van der Waals surface area contributed by atoms with Crippen molar-refractivity contribution in [1.29, 1.82) is 0 Å². The van der Waals surface area contributed by atoms with E-state index in [-0.39, 0.29) is 0 Å². The molecule has 0 unspecified atom stereocenters. The molecule has 1 rings (SSSR count). The minimum atomic E-state index is -3.27. The third-order valence-electron chi connectivity index (χ3n) is 2.33. The fourth-order valence-electron chi connectivity index (χ4n) is 1.41. The number of halogens is 1. The van der Waals surface area contributed by atoms with Gasteiger partial charge in [-0.1, -0.05) is 35.4 Å². The van der Waals surface area contributed by atoms with E-state index in [1.54, 1.807) is 6.07 Å². The van der Waals surface area contributed by atoms with Crippen LogP contribution in [-0.2, 0) is 10.0 Å². The summed E-state index contributed by atoms with van der Waals surface area (Å²) >= 11 is 3.68. The minimum Gasteiger partial charge on any atom is -0.210 e. The van der Waals surface area contributed by atoms with Gasteiger partial charge in [0.1, 0.15) is 4.21 Å². The maximum atomic E-state index is 11.8. The Balaban J connectivity index is 2.31. The van der Waals surface area contributed by atoms with E-state index in [0.717, 1.165) is 17.7 Å². The minimum absolute atomic E-state index is 0.419. The highest BCUT2D eigenvalue weighted by Crippen LogP contribution is 2.20. The number of hydrogen-bond acceptors (Lipinski definition) is 3. The standard InChI is InChI=1S/C11H18INO2S2/c1-10-6-7-11(16-10)17(14,15)13-9-5-3-2-4-8-12/h6-7,13H,2-5,8-9H2,1H3. The first-order valence-corrected chi connectivity index (χ1v) is 9.51. The van der Waals surface area contributed by atoms with Crippen LogP contribution in [0.2, 0.25) is 0 Å². The number of sulfonamides is 1. The summed E-state index contributed by atoms with van der Waals surface area (Å²) in [7, 11) is -3.27. The molecule has 0 bridgehead atoms. The van der Waals surface area contributed by atoms with E-state index < -0.39 is 10.0 Å². The first-order chi connectivity index (χ1) is 8.06. The lowest BCUT2D eigenvalue weighted by Crippen LogP contribution is -2.23. The molecule has 6 heteroatoms. The molecular weight excluding hydrogens is 369 g/mol. The van der Waals surface area contributed by atoms with Crippen molar-refractivity contribution >= 4 is 44.0 Å². The highest BCUT2D eigenvalue weighted by molar-refractivity contribution is 14.1. The lowest BCUT2D eigenvalue weighted by molar-refractivity contribution is 0.576. The fraction of sp³-hybridized carbons (Fsp3) is 0.636. The Labute approximate surface area is 121 Å². The normalized spacial score (nSPS) is 11.9. The van der Waals surface area contributed by atoms with Crippen LogP contribution in [0.15, 0.2) is 16.3 Å². The van der Waals surface area contributed by atoms with Crippen molar-refractivity contribution in [2.75, 3.05) is 11.0 Å². The molecule has 1 N–H and O–H groups in total. The van der Waals surface area contributed by atoms with Crippen LogP contribution < -0.4 is 4.72 Å². The van der Waals surface area contributed by atoms with Crippen LogP contribution >= 0.6 is 33.9 Å². The van der Waals surface area contributed by atoms with Gasteiger partial charge in [-0.05, 0) is 36.3 Å². The molecule has 17 heavy (non-hydrogen) atoms. The molecule has 0 atom stereocenters. The van der Waals surface area contributed by atoms with Gasteiger partial charge in [-0.3, -0.25) is 0 Å². The SMILES string of the molecule is Cc1ccc(S(=O)(=O)NCCCCCCI)s1. The summed E-state index contributed by atoms with van der Waals surface area (Å²) in [5, 5.41) is 0. The van der Waals surface area contributed by atoms with E-state index in [2.05, 4.69) is 27.3 Å². The Morgan fingerprint density at radius 1 is 1.24 bits per heavy atom. The molecule has 0 saturated heterocycles. The van der Waals surface area contributed by atoms with Gasteiger partial charge in [0.25, 0.3) is 0 Å². The molecule has 0 aromatic carbocycles. The third-order valence-corrected chi connectivity index (χ3v) is 6.05. The summed E-state index contributed by atoms with van der Waals surface area (Å²) in [6.07, 6.45) is 4.41. The second-order valence-electron chi connectivity index (χ2n) is 3.87. The molecule has 0 aliphatic carbocycles. The van der Waals surface area contributed by atoms with Gasteiger partial charge in [0, 0.05) is 11.4 Å². The summed E-state index contributed by atoms with van der Waals surface area (Å²) in [4.78, 5) is 1.02. The zero-order valence-corrected chi connectivity index (χ0v) is 13.7. The lowest BCUT2D eigenvalue weighted by atomic mass is 10.2. The van der Waals surface area contributed by atoms with Gasteiger partial charge in [0.15, 0.2) is 0 Å². The van der Waals surface area contributed by atoms with Crippen LogP contribution in [0.25, 0.3) is 0 Å². The zero-order valence-electron chi connectivity index (χ0n) is 9.91. The zero-order chi connectivity index (χ0) is 12.7. The van der Waals surface area contributed by atoms with Gasteiger partial charge < -0.3 is 0 Å². The Kier molecular flexibility index (Phi) is 6.98. The molecule has 0 spiro atoms. The average Bonchev–Trinajstić information content (AvgIpc) is 2.71.